The third-order valence-electron chi connectivity index (χ3n) is 5.83. The van der Waals surface area contributed by atoms with E-state index in [4.69, 9.17) is 4.74 Å². The van der Waals surface area contributed by atoms with Gasteiger partial charge in [-0.2, -0.15) is 0 Å². The maximum Gasteiger partial charge on any atom is 0.274 e. The second-order valence-electron chi connectivity index (χ2n) is 7.74. The Morgan fingerprint density at radius 3 is 2.34 bits per heavy atom. The molecule has 2 heterocycles. The van der Waals surface area contributed by atoms with Gasteiger partial charge < -0.3 is 19.9 Å². The minimum absolute atomic E-state index is 0.0453. The first-order chi connectivity index (χ1) is 14.2. The van der Waals surface area contributed by atoms with E-state index in [1.165, 1.54) is 32.1 Å². The molecule has 2 aromatic rings. The van der Waals surface area contributed by atoms with E-state index in [0.717, 1.165) is 30.3 Å². The van der Waals surface area contributed by atoms with Crippen molar-refractivity contribution in [2.45, 2.75) is 38.1 Å². The lowest BCUT2D eigenvalue weighted by molar-refractivity contribution is 0.0740. The molecule has 1 aliphatic heterocycles. The Kier molecular flexibility index (Phi) is 6.12. The molecule has 1 aromatic heterocycles. The first-order valence-corrected chi connectivity index (χ1v) is 10.5. The molecule has 1 aromatic carbocycles. The number of hydrogen-bond acceptors (Lipinski definition) is 6. The molecule has 0 bridgehead atoms. The standard InChI is InChI=1S/C22H29N5O2/c1-29-19-9-7-18(8-10-19)26-11-13-27(14-12-26)22(28)20-15-24-21(16-23-20)25-17-5-3-2-4-6-17/h7-10,15-17H,2-6,11-14H2,1H3,(H,24,25). The number of nitrogens with one attached hydrogen (secondary N) is 1. The summed E-state index contributed by atoms with van der Waals surface area (Å²) in [6.45, 7) is 2.95. The molecule has 2 aliphatic rings. The van der Waals surface area contributed by atoms with Gasteiger partial charge in [0.1, 0.15) is 17.3 Å². The van der Waals surface area contributed by atoms with E-state index in [0.29, 0.717) is 24.8 Å². The first kappa shape index (κ1) is 19.5. The van der Waals surface area contributed by atoms with Gasteiger partial charge in [0.15, 0.2) is 0 Å². The summed E-state index contributed by atoms with van der Waals surface area (Å²) in [6, 6.07) is 8.52. The molecule has 0 radical (unpaired) electrons. The molecule has 29 heavy (non-hydrogen) atoms. The lowest BCUT2D eigenvalue weighted by Crippen LogP contribution is -2.49. The van der Waals surface area contributed by atoms with Crippen LogP contribution in [0.4, 0.5) is 11.5 Å². The fourth-order valence-corrected chi connectivity index (χ4v) is 4.09. The highest BCUT2D eigenvalue weighted by atomic mass is 16.5. The summed E-state index contributed by atoms with van der Waals surface area (Å²) in [4.78, 5) is 25.7. The number of ether oxygens (including phenoxy) is 1. The van der Waals surface area contributed by atoms with E-state index < -0.39 is 0 Å². The molecule has 1 amide bonds. The minimum atomic E-state index is -0.0453. The maximum atomic E-state index is 12.8. The van der Waals surface area contributed by atoms with Crippen LogP contribution < -0.4 is 15.0 Å². The second kappa shape index (κ2) is 9.11. The van der Waals surface area contributed by atoms with Gasteiger partial charge in [0.2, 0.25) is 0 Å². The molecule has 7 nitrogen and oxygen atoms in total. The van der Waals surface area contributed by atoms with Gasteiger partial charge in [0.05, 0.1) is 19.5 Å². The summed E-state index contributed by atoms with van der Waals surface area (Å²) in [7, 11) is 1.67. The number of aromatic nitrogens is 2. The average molecular weight is 396 g/mol. The number of anilines is 2. The van der Waals surface area contributed by atoms with Gasteiger partial charge in [-0.15, -0.1) is 0 Å². The molecule has 154 valence electrons. The molecule has 1 aliphatic carbocycles. The summed E-state index contributed by atoms with van der Waals surface area (Å²) in [5.41, 5.74) is 1.56. The van der Waals surface area contributed by atoms with E-state index in [2.05, 4.69) is 32.3 Å². The lowest BCUT2D eigenvalue weighted by Gasteiger charge is -2.36. The zero-order valence-electron chi connectivity index (χ0n) is 17.0. The fourth-order valence-electron chi connectivity index (χ4n) is 4.09. The Bertz CT molecular complexity index is 795. The van der Waals surface area contributed by atoms with Crippen LogP contribution in [0, 0.1) is 0 Å². The Balaban J connectivity index is 1.30. The van der Waals surface area contributed by atoms with Crippen LogP contribution in [0.15, 0.2) is 36.7 Å². The smallest absolute Gasteiger partial charge is 0.274 e. The van der Waals surface area contributed by atoms with Crippen molar-refractivity contribution >= 4 is 17.4 Å². The van der Waals surface area contributed by atoms with Crippen LogP contribution in [0.3, 0.4) is 0 Å². The van der Waals surface area contributed by atoms with Crippen LogP contribution in [-0.2, 0) is 0 Å². The molecule has 1 saturated heterocycles. The number of rotatable bonds is 5. The van der Waals surface area contributed by atoms with Crippen molar-refractivity contribution in [3.8, 4) is 5.75 Å². The van der Waals surface area contributed by atoms with E-state index in [1.807, 2.05) is 17.0 Å². The molecule has 1 saturated carbocycles. The third-order valence-corrected chi connectivity index (χ3v) is 5.83. The Hall–Kier alpha value is -2.83. The van der Waals surface area contributed by atoms with Crippen molar-refractivity contribution in [2.75, 3.05) is 43.5 Å². The van der Waals surface area contributed by atoms with Crippen molar-refractivity contribution in [1.29, 1.82) is 0 Å². The van der Waals surface area contributed by atoms with Crippen LogP contribution >= 0.6 is 0 Å². The Morgan fingerprint density at radius 2 is 1.72 bits per heavy atom. The molecule has 0 unspecified atom stereocenters. The van der Waals surface area contributed by atoms with E-state index in [-0.39, 0.29) is 5.91 Å². The van der Waals surface area contributed by atoms with Gasteiger partial charge >= 0.3 is 0 Å². The molecule has 0 spiro atoms. The Morgan fingerprint density at radius 1 is 1.00 bits per heavy atom. The first-order valence-electron chi connectivity index (χ1n) is 10.5. The zero-order valence-corrected chi connectivity index (χ0v) is 17.0. The highest BCUT2D eigenvalue weighted by Crippen LogP contribution is 2.22. The summed E-state index contributed by atoms with van der Waals surface area (Å²) in [5.74, 6) is 1.57. The molecule has 2 fully saturated rings. The number of amides is 1. The molecular weight excluding hydrogens is 366 g/mol. The average Bonchev–Trinajstić information content (AvgIpc) is 2.80. The van der Waals surface area contributed by atoms with E-state index in [9.17, 15) is 4.79 Å². The minimum Gasteiger partial charge on any atom is -0.497 e. The zero-order chi connectivity index (χ0) is 20.1. The number of nitrogens with zero attached hydrogens (tertiary/aromatic N) is 4. The van der Waals surface area contributed by atoms with Gasteiger partial charge in [0.25, 0.3) is 5.91 Å². The van der Waals surface area contributed by atoms with Gasteiger partial charge in [-0.25, -0.2) is 9.97 Å². The number of carbonyl (C=O) groups is 1. The number of carbonyl (C=O) groups excluding carboxylic acids is 1. The molecule has 1 N–H and O–H groups in total. The van der Waals surface area contributed by atoms with Crippen molar-refractivity contribution in [3.05, 3.63) is 42.4 Å². The van der Waals surface area contributed by atoms with Gasteiger partial charge in [-0.3, -0.25) is 4.79 Å². The molecule has 4 rings (SSSR count). The topological polar surface area (TPSA) is 70.6 Å². The van der Waals surface area contributed by atoms with Crippen molar-refractivity contribution in [3.63, 3.8) is 0 Å². The second-order valence-corrected chi connectivity index (χ2v) is 7.74. The summed E-state index contributed by atoms with van der Waals surface area (Å²) in [5, 5.41) is 3.44. The highest BCUT2D eigenvalue weighted by molar-refractivity contribution is 5.92. The largest absolute Gasteiger partial charge is 0.497 e. The van der Waals surface area contributed by atoms with Gasteiger partial charge in [0, 0.05) is 37.9 Å². The van der Waals surface area contributed by atoms with Crippen LogP contribution in [0.2, 0.25) is 0 Å². The number of piperazine rings is 1. The maximum absolute atomic E-state index is 12.8. The predicted molar refractivity (Wildman–Crippen MR) is 114 cm³/mol. The molecular formula is C22H29N5O2. The number of hydrogen-bond donors (Lipinski definition) is 1. The number of methoxy groups -OCH3 is 1. The van der Waals surface area contributed by atoms with Gasteiger partial charge in [-0.1, -0.05) is 19.3 Å². The SMILES string of the molecule is COc1ccc(N2CCN(C(=O)c3cnc(NC4CCCCC4)cn3)CC2)cc1. The van der Waals surface area contributed by atoms with Crippen LogP contribution in [-0.4, -0.2) is 60.1 Å². The summed E-state index contributed by atoms with van der Waals surface area (Å²) >= 11 is 0. The normalized spacial score (nSPS) is 17.8. The van der Waals surface area contributed by atoms with Crippen molar-refractivity contribution < 1.29 is 9.53 Å². The fraction of sp³-hybridized carbons (Fsp3) is 0.500. The molecule has 0 atom stereocenters. The van der Waals surface area contributed by atoms with Gasteiger partial charge in [-0.05, 0) is 37.1 Å². The predicted octanol–water partition coefficient (Wildman–Crippen LogP) is 3.19. The highest BCUT2D eigenvalue weighted by Gasteiger charge is 2.23. The van der Waals surface area contributed by atoms with E-state index in [1.54, 1.807) is 19.5 Å². The summed E-state index contributed by atoms with van der Waals surface area (Å²) < 4.78 is 5.22. The quantitative estimate of drug-likeness (QED) is 0.838. The summed E-state index contributed by atoms with van der Waals surface area (Å²) in [6.07, 6.45) is 9.51. The molecule has 7 heteroatoms. The van der Waals surface area contributed by atoms with Crippen LogP contribution in [0.5, 0.6) is 5.75 Å². The van der Waals surface area contributed by atoms with Crippen LogP contribution in [0.1, 0.15) is 42.6 Å². The van der Waals surface area contributed by atoms with Crippen molar-refractivity contribution in [2.24, 2.45) is 0 Å². The lowest BCUT2D eigenvalue weighted by atomic mass is 9.96. The van der Waals surface area contributed by atoms with Crippen LogP contribution in [0.25, 0.3) is 0 Å². The van der Waals surface area contributed by atoms with E-state index >= 15 is 0 Å². The third kappa shape index (κ3) is 4.78. The van der Waals surface area contributed by atoms with Crippen molar-refractivity contribution in [1.82, 2.24) is 14.9 Å². The Labute approximate surface area is 172 Å². The number of benzene rings is 1. The monoisotopic (exact) mass is 395 g/mol.